The lowest BCUT2D eigenvalue weighted by molar-refractivity contribution is 0.306. The summed E-state index contributed by atoms with van der Waals surface area (Å²) in [4.78, 5) is 12.9. The Morgan fingerprint density at radius 3 is 2.77 bits per heavy atom. The van der Waals surface area contributed by atoms with Crippen LogP contribution in [-0.2, 0) is 13.1 Å². The lowest BCUT2D eigenvalue weighted by Crippen LogP contribution is -2.33. The normalized spacial score (nSPS) is 13.2. The molecule has 1 aliphatic heterocycles. The predicted octanol–water partition coefficient (Wildman–Crippen LogP) is 3.36. The minimum Gasteiger partial charge on any atom is -0.497 e. The molecular formula is C17H18N2O3. The van der Waals surface area contributed by atoms with Crippen molar-refractivity contribution >= 4 is 5.69 Å². The maximum atomic E-state index is 10.7. The zero-order chi connectivity index (χ0) is 15.4. The third-order valence-corrected chi connectivity index (χ3v) is 3.78. The number of fused-ring (bicyclic) bond motifs is 1. The van der Waals surface area contributed by atoms with Crippen molar-refractivity contribution < 1.29 is 9.47 Å². The Balaban J connectivity index is 1.88. The molecule has 0 radical (unpaired) electrons. The fourth-order valence-electron chi connectivity index (χ4n) is 2.73. The third kappa shape index (κ3) is 2.88. The second-order valence-electron chi connectivity index (χ2n) is 5.17. The fraction of sp³-hybridized carbons (Fsp3) is 0.294. The van der Waals surface area contributed by atoms with Crippen LogP contribution in [0, 0.1) is 4.91 Å². The van der Waals surface area contributed by atoms with E-state index in [1.807, 2.05) is 30.3 Å². The Hall–Kier alpha value is -2.56. The molecule has 0 saturated heterocycles. The van der Waals surface area contributed by atoms with Crippen LogP contribution in [0.25, 0.3) is 0 Å². The van der Waals surface area contributed by atoms with Crippen molar-refractivity contribution in [3.8, 4) is 11.5 Å². The molecule has 0 bridgehead atoms. The Morgan fingerprint density at radius 2 is 2.05 bits per heavy atom. The molecule has 0 saturated carbocycles. The molecule has 0 amide bonds. The smallest absolute Gasteiger partial charge is 0.143 e. The molecule has 0 spiro atoms. The number of anilines is 1. The second kappa shape index (κ2) is 6.47. The maximum absolute atomic E-state index is 10.7. The van der Waals surface area contributed by atoms with Crippen LogP contribution in [-0.4, -0.2) is 20.3 Å². The van der Waals surface area contributed by atoms with Gasteiger partial charge in [0, 0.05) is 12.1 Å². The van der Waals surface area contributed by atoms with Crippen LogP contribution in [0.5, 0.6) is 11.5 Å². The van der Waals surface area contributed by atoms with Gasteiger partial charge in [-0.3, -0.25) is 0 Å². The van der Waals surface area contributed by atoms with Gasteiger partial charge in [-0.05, 0) is 23.8 Å². The highest BCUT2D eigenvalue weighted by atomic mass is 16.5. The van der Waals surface area contributed by atoms with E-state index in [0.717, 1.165) is 35.8 Å². The Morgan fingerprint density at radius 1 is 1.23 bits per heavy atom. The van der Waals surface area contributed by atoms with Gasteiger partial charge in [-0.2, -0.15) is 4.91 Å². The molecule has 0 unspecified atom stereocenters. The summed E-state index contributed by atoms with van der Waals surface area (Å²) in [6.07, 6.45) is 0. The highest BCUT2D eigenvalue weighted by Gasteiger charge is 2.21. The minimum absolute atomic E-state index is 0.158. The van der Waals surface area contributed by atoms with Gasteiger partial charge in [0.1, 0.15) is 24.7 Å². The molecule has 3 rings (SSSR count). The summed E-state index contributed by atoms with van der Waals surface area (Å²) < 4.78 is 10.9. The van der Waals surface area contributed by atoms with Gasteiger partial charge in [-0.1, -0.05) is 29.4 Å². The molecule has 0 fully saturated rings. The van der Waals surface area contributed by atoms with Gasteiger partial charge < -0.3 is 14.4 Å². The van der Waals surface area contributed by atoms with E-state index >= 15 is 0 Å². The van der Waals surface area contributed by atoms with Gasteiger partial charge in [0.15, 0.2) is 0 Å². The fourth-order valence-corrected chi connectivity index (χ4v) is 2.73. The number of nitroso groups, excluding NO2 is 1. The van der Waals surface area contributed by atoms with E-state index < -0.39 is 0 Å². The molecule has 2 aromatic rings. The van der Waals surface area contributed by atoms with Crippen molar-refractivity contribution in [3.63, 3.8) is 0 Å². The van der Waals surface area contributed by atoms with Crippen molar-refractivity contribution in [2.45, 2.75) is 13.1 Å². The van der Waals surface area contributed by atoms with Crippen LogP contribution in [0.15, 0.2) is 47.6 Å². The standard InChI is InChI=1S/C17H18N2O3/c1-21-15-7-5-13(6-8-15)12-19-9-10-22-16-4-2-3-14(11-18-20)17(16)19/h2-8H,9-12H2,1H3. The molecule has 2 aromatic carbocycles. The van der Waals surface area contributed by atoms with Crippen LogP contribution in [0.1, 0.15) is 11.1 Å². The Labute approximate surface area is 129 Å². The topological polar surface area (TPSA) is 51.1 Å². The average Bonchev–Trinajstić information content (AvgIpc) is 2.56. The second-order valence-corrected chi connectivity index (χ2v) is 5.17. The SMILES string of the molecule is COc1ccc(CN2CCOc3cccc(CN=O)c32)cc1. The van der Waals surface area contributed by atoms with Gasteiger partial charge in [0.05, 0.1) is 19.3 Å². The van der Waals surface area contributed by atoms with E-state index in [1.165, 1.54) is 5.56 Å². The van der Waals surface area contributed by atoms with E-state index in [4.69, 9.17) is 9.47 Å². The zero-order valence-corrected chi connectivity index (χ0v) is 12.5. The molecule has 1 aliphatic rings. The number of rotatable bonds is 5. The highest BCUT2D eigenvalue weighted by molar-refractivity contribution is 5.65. The van der Waals surface area contributed by atoms with Crippen LogP contribution in [0.3, 0.4) is 0 Å². The molecule has 0 N–H and O–H groups in total. The lowest BCUT2D eigenvalue weighted by atomic mass is 10.1. The highest BCUT2D eigenvalue weighted by Crippen LogP contribution is 2.36. The third-order valence-electron chi connectivity index (χ3n) is 3.78. The molecule has 0 atom stereocenters. The van der Waals surface area contributed by atoms with Crippen molar-refractivity contribution in [3.05, 3.63) is 58.5 Å². The van der Waals surface area contributed by atoms with Crippen LogP contribution in [0.2, 0.25) is 0 Å². The molecule has 114 valence electrons. The predicted molar refractivity (Wildman–Crippen MR) is 85.5 cm³/mol. The van der Waals surface area contributed by atoms with Crippen LogP contribution >= 0.6 is 0 Å². The summed E-state index contributed by atoms with van der Waals surface area (Å²) in [6.45, 7) is 2.35. The number of hydrogen-bond acceptors (Lipinski definition) is 5. The minimum atomic E-state index is 0.158. The zero-order valence-electron chi connectivity index (χ0n) is 12.5. The molecule has 5 nitrogen and oxygen atoms in total. The first-order valence-corrected chi connectivity index (χ1v) is 7.23. The van der Waals surface area contributed by atoms with Gasteiger partial charge in [-0.15, -0.1) is 0 Å². The number of nitrogens with zero attached hydrogens (tertiary/aromatic N) is 2. The van der Waals surface area contributed by atoms with Gasteiger partial charge >= 0.3 is 0 Å². The molecule has 5 heteroatoms. The average molecular weight is 298 g/mol. The lowest BCUT2D eigenvalue weighted by Gasteiger charge is -2.33. The first-order chi connectivity index (χ1) is 10.8. The summed E-state index contributed by atoms with van der Waals surface area (Å²) >= 11 is 0. The molecule has 22 heavy (non-hydrogen) atoms. The number of ether oxygens (including phenoxy) is 2. The molecular weight excluding hydrogens is 280 g/mol. The number of benzene rings is 2. The van der Waals surface area contributed by atoms with Gasteiger partial charge in [0.2, 0.25) is 0 Å². The van der Waals surface area contributed by atoms with E-state index in [2.05, 4.69) is 22.2 Å². The first kappa shape index (κ1) is 14.4. The summed E-state index contributed by atoms with van der Waals surface area (Å²) in [6, 6.07) is 13.8. The Kier molecular flexibility index (Phi) is 4.23. The van der Waals surface area contributed by atoms with Crippen LogP contribution in [0.4, 0.5) is 5.69 Å². The van der Waals surface area contributed by atoms with Crippen LogP contribution < -0.4 is 14.4 Å². The monoisotopic (exact) mass is 298 g/mol. The number of methoxy groups -OCH3 is 1. The molecule has 0 aromatic heterocycles. The largest absolute Gasteiger partial charge is 0.497 e. The van der Waals surface area contributed by atoms with Crippen molar-refractivity contribution in [1.82, 2.24) is 0 Å². The quantitative estimate of drug-likeness (QED) is 0.794. The van der Waals surface area contributed by atoms with Crippen molar-refractivity contribution in [2.75, 3.05) is 25.2 Å². The van der Waals surface area contributed by atoms with E-state index in [9.17, 15) is 4.91 Å². The van der Waals surface area contributed by atoms with Gasteiger partial charge in [-0.25, -0.2) is 0 Å². The molecule has 0 aliphatic carbocycles. The summed E-state index contributed by atoms with van der Waals surface area (Å²) in [7, 11) is 1.66. The summed E-state index contributed by atoms with van der Waals surface area (Å²) in [5, 5.41) is 3.03. The Bertz CT molecular complexity index is 655. The van der Waals surface area contributed by atoms with E-state index in [-0.39, 0.29) is 6.54 Å². The summed E-state index contributed by atoms with van der Waals surface area (Å²) in [5.74, 6) is 1.66. The number of hydrogen-bond donors (Lipinski definition) is 0. The molecule has 1 heterocycles. The van der Waals surface area contributed by atoms with Crippen molar-refractivity contribution in [2.24, 2.45) is 5.18 Å². The van der Waals surface area contributed by atoms with E-state index in [0.29, 0.717) is 6.61 Å². The first-order valence-electron chi connectivity index (χ1n) is 7.23. The number of para-hydroxylation sites is 1. The van der Waals surface area contributed by atoms with E-state index in [1.54, 1.807) is 7.11 Å². The van der Waals surface area contributed by atoms with Gasteiger partial charge in [0.25, 0.3) is 0 Å². The summed E-state index contributed by atoms with van der Waals surface area (Å²) in [5.41, 5.74) is 3.06. The van der Waals surface area contributed by atoms with Crippen molar-refractivity contribution in [1.29, 1.82) is 0 Å². The maximum Gasteiger partial charge on any atom is 0.143 e.